The standard InChI is InChI=1S/C16H11Cl2NO4/c17-10-5-6-11(18)14-13(10)16(23,15(22)19-14)7-12(21)8-1-3-9(20)4-2-8/h1-6,20,23H,7H2,(H,19,22)/t16-/m1/s1. The van der Waals surface area contributed by atoms with Gasteiger partial charge in [-0.25, -0.2) is 0 Å². The monoisotopic (exact) mass is 351 g/mol. The summed E-state index contributed by atoms with van der Waals surface area (Å²) in [5.74, 6) is -1.21. The van der Waals surface area contributed by atoms with Gasteiger partial charge in [-0.05, 0) is 36.4 Å². The molecule has 1 aliphatic heterocycles. The van der Waals surface area contributed by atoms with Crippen LogP contribution >= 0.6 is 23.2 Å². The Morgan fingerprint density at radius 3 is 2.35 bits per heavy atom. The lowest BCUT2D eigenvalue weighted by Crippen LogP contribution is -2.36. The van der Waals surface area contributed by atoms with Crippen LogP contribution in [0.2, 0.25) is 10.0 Å². The number of amides is 1. The first-order chi connectivity index (χ1) is 10.8. The Morgan fingerprint density at radius 1 is 1.09 bits per heavy atom. The fourth-order valence-electron chi connectivity index (χ4n) is 2.56. The number of benzene rings is 2. The molecule has 0 saturated heterocycles. The van der Waals surface area contributed by atoms with E-state index in [-0.39, 0.29) is 32.6 Å². The normalized spacial score (nSPS) is 19.3. The van der Waals surface area contributed by atoms with Gasteiger partial charge in [0.25, 0.3) is 5.91 Å². The Morgan fingerprint density at radius 2 is 1.70 bits per heavy atom. The Bertz CT molecular complexity index is 820. The molecule has 3 rings (SSSR count). The first kappa shape index (κ1) is 15.8. The quantitative estimate of drug-likeness (QED) is 0.741. The third-order valence-corrected chi connectivity index (χ3v) is 4.37. The van der Waals surface area contributed by atoms with Crippen molar-refractivity contribution in [2.24, 2.45) is 0 Å². The first-order valence-corrected chi connectivity index (χ1v) is 7.43. The molecular formula is C16H11Cl2NO4. The van der Waals surface area contributed by atoms with Crippen LogP contribution in [0.4, 0.5) is 5.69 Å². The molecule has 2 aromatic carbocycles. The number of hydrogen-bond donors (Lipinski definition) is 3. The number of halogens is 2. The van der Waals surface area contributed by atoms with Crippen LogP contribution in [0, 0.1) is 0 Å². The van der Waals surface area contributed by atoms with Crippen molar-refractivity contribution >= 4 is 40.6 Å². The average Bonchev–Trinajstić information content (AvgIpc) is 2.77. The van der Waals surface area contributed by atoms with Gasteiger partial charge in [-0.2, -0.15) is 0 Å². The van der Waals surface area contributed by atoms with Crippen molar-refractivity contribution in [3.8, 4) is 5.75 Å². The maximum Gasteiger partial charge on any atom is 0.261 e. The number of aliphatic hydroxyl groups is 1. The molecule has 23 heavy (non-hydrogen) atoms. The highest BCUT2D eigenvalue weighted by Crippen LogP contribution is 2.46. The largest absolute Gasteiger partial charge is 0.508 e. The Balaban J connectivity index is 2.00. The predicted molar refractivity (Wildman–Crippen MR) is 86.0 cm³/mol. The van der Waals surface area contributed by atoms with Gasteiger partial charge in [0.1, 0.15) is 5.75 Å². The van der Waals surface area contributed by atoms with E-state index in [0.29, 0.717) is 0 Å². The van der Waals surface area contributed by atoms with Crippen molar-refractivity contribution in [2.45, 2.75) is 12.0 Å². The van der Waals surface area contributed by atoms with Gasteiger partial charge in [0.05, 0.1) is 17.1 Å². The van der Waals surface area contributed by atoms with Gasteiger partial charge in [0, 0.05) is 16.1 Å². The van der Waals surface area contributed by atoms with Crippen molar-refractivity contribution < 1.29 is 19.8 Å². The van der Waals surface area contributed by atoms with Crippen LogP contribution in [0.25, 0.3) is 0 Å². The highest BCUT2D eigenvalue weighted by molar-refractivity contribution is 6.38. The zero-order valence-electron chi connectivity index (χ0n) is 11.6. The summed E-state index contributed by atoms with van der Waals surface area (Å²) in [5, 5.41) is 22.9. The Labute approximate surface area is 141 Å². The first-order valence-electron chi connectivity index (χ1n) is 6.67. The molecule has 1 aliphatic rings. The van der Waals surface area contributed by atoms with Gasteiger partial charge < -0.3 is 15.5 Å². The van der Waals surface area contributed by atoms with Gasteiger partial charge >= 0.3 is 0 Å². The van der Waals surface area contributed by atoms with Crippen LogP contribution in [0.3, 0.4) is 0 Å². The van der Waals surface area contributed by atoms with Crippen LogP contribution in [-0.2, 0) is 10.4 Å². The number of Topliss-reactive ketones (excluding diaryl/α,β-unsaturated/α-hetero) is 1. The SMILES string of the molecule is O=C(C[C@]1(O)C(=O)Nc2c(Cl)ccc(Cl)c21)c1ccc(O)cc1. The summed E-state index contributed by atoms with van der Waals surface area (Å²) in [6.07, 6.45) is -0.489. The second-order valence-electron chi connectivity index (χ2n) is 5.24. The van der Waals surface area contributed by atoms with E-state index in [9.17, 15) is 19.8 Å². The molecule has 0 aromatic heterocycles. The average molecular weight is 352 g/mol. The lowest BCUT2D eigenvalue weighted by molar-refractivity contribution is -0.133. The lowest BCUT2D eigenvalue weighted by atomic mass is 9.88. The summed E-state index contributed by atoms with van der Waals surface area (Å²) in [6.45, 7) is 0. The molecule has 0 aliphatic carbocycles. The van der Waals surface area contributed by atoms with Crippen LogP contribution < -0.4 is 5.32 Å². The smallest absolute Gasteiger partial charge is 0.261 e. The van der Waals surface area contributed by atoms with Gasteiger partial charge in [-0.15, -0.1) is 0 Å². The van der Waals surface area contributed by atoms with Crippen molar-refractivity contribution in [3.63, 3.8) is 0 Å². The number of carbonyl (C=O) groups excluding carboxylic acids is 2. The molecule has 0 saturated carbocycles. The summed E-state index contributed by atoms with van der Waals surface area (Å²) in [6, 6.07) is 8.48. The molecule has 1 atom stereocenters. The maximum atomic E-state index is 12.4. The number of carbonyl (C=O) groups is 2. The van der Waals surface area contributed by atoms with Crippen molar-refractivity contribution in [3.05, 3.63) is 57.6 Å². The number of phenols is 1. The fraction of sp³-hybridized carbons (Fsp3) is 0.125. The fourth-order valence-corrected chi connectivity index (χ4v) is 3.08. The van der Waals surface area contributed by atoms with Crippen LogP contribution in [0.15, 0.2) is 36.4 Å². The molecule has 0 bridgehead atoms. The topological polar surface area (TPSA) is 86.6 Å². The third kappa shape index (κ3) is 2.57. The summed E-state index contributed by atoms with van der Waals surface area (Å²) >= 11 is 12.1. The lowest BCUT2D eigenvalue weighted by Gasteiger charge is -2.21. The van der Waals surface area contributed by atoms with E-state index in [4.69, 9.17) is 23.2 Å². The molecule has 3 N–H and O–H groups in total. The summed E-state index contributed by atoms with van der Waals surface area (Å²) in [5.41, 5.74) is -1.52. The molecule has 0 radical (unpaired) electrons. The van der Waals surface area contributed by atoms with Crippen molar-refractivity contribution in [2.75, 3.05) is 5.32 Å². The van der Waals surface area contributed by atoms with Crippen LogP contribution in [0.1, 0.15) is 22.3 Å². The van der Waals surface area contributed by atoms with E-state index in [1.54, 1.807) is 0 Å². The molecule has 5 nitrogen and oxygen atoms in total. The van der Waals surface area contributed by atoms with Crippen LogP contribution in [0.5, 0.6) is 5.75 Å². The third-order valence-electron chi connectivity index (χ3n) is 3.74. The minimum Gasteiger partial charge on any atom is -0.508 e. The molecule has 0 spiro atoms. The number of nitrogens with one attached hydrogen (secondary N) is 1. The number of ketones is 1. The number of phenolic OH excluding ortho intramolecular Hbond substituents is 1. The van der Waals surface area contributed by atoms with Gasteiger partial charge in [0.15, 0.2) is 11.4 Å². The van der Waals surface area contributed by atoms with Crippen LogP contribution in [-0.4, -0.2) is 21.9 Å². The minimum atomic E-state index is -2.09. The second-order valence-corrected chi connectivity index (χ2v) is 6.05. The van der Waals surface area contributed by atoms with E-state index < -0.39 is 23.7 Å². The number of hydrogen-bond acceptors (Lipinski definition) is 4. The van der Waals surface area contributed by atoms with Crippen molar-refractivity contribution in [1.82, 2.24) is 0 Å². The summed E-state index contributed by atoms with van der Waals surface area (Å²) in [4.78, 5) is 24.6. The molecule has 1 amide bonds. The Kier molecular flexibility index (Phi) is 3.80. The van der Waals surface area contributed by atoms with Crippen molar-refractivity contribution in [1.29, 1.82) is 0 Å². The number of fused-ring (bicyclic) bond motifs is 1. The highest BCUT2D eigenvalue weighted by Gasteiger charge is 2.49. The van der Waals surface area contributed by atoms with Gasteiger partial charge in [-0.3, -0.25) is 9.59 Å². The zero-order chi connectivity index (χ0) is 16.8. The van der Waals surface area contributed by atoms with Gasteiger partial charge in [-0.1, -0.05) is 23.2 Å². The second kappa shape index (κ2) is 5.53. The van der Waals surface area contributed by atoms with E-state index in [1.807, 2.05) is 0 Å². The van der Waals surface area contributed by atoms with E-state index >= 15 is 0 Å². The molecule has 0 fully saturated rings. The highest BCUT2D eigenvalue weighted by atomic mass is 35.5. The molecule has 7 heteroatoms. The molecule has 0 unspecified atom stereocenters. The Hall–Kier alpha value is -2.08. The van der Waals surface area contributed by atoms with Gasteiger partial charge in [0.2, 0.25) is 0 Å². The van der Waals surface area contributed by atoms with E-state index in [1.165, 1.54) is 36.4 Å². The summed E-state index contributed by atoms with van der Waals surface area (Å²) < 4.78 is 0. The minimum absolute atomic E-state index is 0.0130. The molecule has 2 aromatic rings. The van der Waals surface area contributed by atoms with E-state index in [2.05, 4.69) is 5.32 Å². The zero-order valence-corrected chi connectivity index (χ0v) is 13.1. The number of rotatable bonds is 3. The molecule has 1 heterocycles. The maximum absolute atomic E-state index is 12.4. The molecule has 118 valence electrons. The molecular weight excluding hydrogens is 341 g/mol. The summed E-state index contributed by atoms with van der Waals surface area (Å²) in [7, 11) is 0. The number of anilines is 1. The van der Waals surface area contributed by atoms with E-state index in [0.717, 1.165) is 0 Å². The number of aromatic hydroxyl groups is 1. The predicted octanol–water partition coefficient (Wildman–Crippen LogP) is 3.11.